The van der Waals surface area contributed by atoms with Crippen LogP contribution in [0.15, 0.2) is 49.1 Å². The van der Waals surface area contributed by atoms with E-state index in [2.05, 4.69) is 22.1 Å². The van der Waals surface area contributed by atoms with Crippen LogP contribution in [0.3, 0.4) is 0 Å². The average Bonchev–Trinajstić information content (AvgIpc) is 2.29. The molecule has 2 heterocycles. The van der Waals surface area contributed by atoms with Crippen molar-refractivity contribution < 1.29 is 45.7 Å². The monoisotopic (exact) mass is 290 g/mol. The summed E-state index contributed by atoms with van der Waals surface area (Å²) >= 11 is 0. The van der Waals surface area contributed by atoms with Crippen LogP contribution >= 0.6 is 0 Å². The van der Waals surface area contributed by atoms with E-state index in [4.69, 9.17) is 0 Å². The van der Waals surface area contributed by atoms with Crippen molar-refractivity contribution in [1.82, 2.24) is 0 Å². The van der Waals surface area contributed by atoms with E-state index in [1.54, 1.807) is 0 Å². The number of aromatic nitrogens is 2. The van der Waals surface area contributed by atoms with E-state index < -0.39 is 0 Å². The quantitative estimate of drug-likeness (QED) is 0.527. The molecule has 100 valence electrons. The van der Waals surface area contributed by atoms with E-state index in [0.717, 1.165) is 0 Å². The number of pyridine rings is 2. The van der Waals surface area contributed by atoms with Crippen LogP contribution in [0.25, 0.3) is 12.2 Å². The van der Waals surface area contributed by atoms with Gasteiger partial charge >= 0.3 is 0 Å². The van der Waals surface area contributed by atoms with Gasteiger partial charge in [-0.25, -0.2) is 9.97 Å². The minimum atomic E-state index is 0. The first-order chi connectivity index (χ1) is 6.95. The summed E-state index contributed by atoms with van der Waals surface area (Å²) in [5.74, 6) is 0. The maximum absolute atomic E-state index is 2.99. The molecule has 0 bridgehead atoms. The molecule has 0 aliphatic rings. The minimum Gasteiger partial charge on any atom is -1.00 e. The lowest BCUT2D eigenvalue weighted by Crippen LogP contribution is -3.00. The Morgan fingerprint density at radius 3 is 1.17 bits per heavy atom. The number of nitrogens with one attached hydrogen (secondary N) is 2. The Bertz CT molecular complexity index is 383. The van der Waals surface area contributed by atoms with Crippen molar-refractivity contribution in [2.75, 3.05) is 0 Å². The van der Waals surface area contributed by atoms with Gasteiger partial charge in [0.1, 0.15) is 0 Å². The van der Waals surface area contributed by atoms with Gasteiger partial charge in [-0.05, 0) is 11.1 Å². The largest absolute Gasteiger partial charge is 1.00 e. The number of hydrogen-bond donors (Lipinski definition) is 0. The molecule has 0 radical (unpaired) electrons. The molecule has 0 aromatic carbocycles. The summed E-state index contributed by atoms with van der Waals surface area (Å²) in [6.45, 7) is 0. The average molecular weight is 291 g/mol. The van der Waals surface area contributed by atoms with Crippen LogP contribution in [-0.2, 0) is 0 Å². The molecule has 0 fully saturated rings. The smallest absolute Gasteiger partial charge is 0.167 e. The maximum atomic E-state index is 2.99. The van der Waals surface area contributed by atoms with Crippen LogP contribution in [0.5, 0.6) is 0 Å². The third-order valence-electron chi connectivity index (χ3n) is 1.96. The Kier molecular flexibility index (Phi) is 14.5. The van der Waals surface area contributed by atoms with Crippen LogP contribution in [0.1, 0.15) is 11.1 Å². The molecule has 4 nitrogen and oxygen atoms in total. The highest BCUT2D eigenvalue weighted by Gasteiger charge is 1.89. The molecule has 18 heavy (non-hydrogen) atoms. The summed E-state index contributed by atoms with van der Waals surface area (Å²) in [7, 11) is 0. The molecule has 0 unspecified atom stereocenters. The SMILES string of the molecule is C(=C\c1cc[nH+]cc1)/c1cc[nH+]cc1.O.O.[Cl-].[Cl-]. The lowest BCUT2D eigenvalue weighted by atomic mass is 10.2. The third kappa shape index (κ3) is 6.98. The molecule has 0 aliphatic heterocycles. The Hall–Kier alpha value is -1.46. The van der Waals surface area contributed by atoms with Crippen molar-refractivity contribution in [3.8, 4) is 0 Å². The zero-order valence-corrected chi connectivity index (χ0v) is 11.0. The highest BCUT2D eigenvalue weighted by atomic mass is 35.5. The minimum absolute atomic E-state index is 0. The zero-order chi connectivity index (χ0) is 9.64. The van der Waals surface area contributed by atoms with Gasteiger partial charge in [-0.1, -0.05) is 12.2 Å². The number of halogens is 2. The molecule has 2 aromatic rings. The number of H-pyrrole nitrogens is 2. The zero-order valence-electron chi connectivity index (χ0n) is 9.53. The lowest BCUT2D eigenvalue weighted by Gasteiger charge is -1.88. The molecule has 0 amide bonds. The van der Waals surface area contributed by atoms with Crippen LogP contribution in [0, 0.1) is 0 Å². The van der Waals surface area contributed by atoms with Crippen molar-refractivity contribution in [2.24, 2.45) is 0 Å². The fraction of sp³-hybridized carbons (Fsp3) is 0. The number of hydrogen-bond acceptors (Lipinski definition) is 0. The molecule has 0 saturated heterocycles. The second-order valence-electron chi connectivity index (χ2n) is 3.00. The first kappa shape index (κ1) is 21.8. The van der Waals surface area contributed by atoms with E-state index in [1.807, 2.05) is 49.1 Å². The predicted molar refractivity (Wildman–Crippen MR) is 62.2 cm³/mol. The summed E-state index contributed by atoms with van der Waals surface area (Å²) in [5, 5.41) is 0. The summed E-state index contributed by atoms with van der Waals surface area (Å²) in [6.07, 6.45) is 11.8. The molecular weight excluding hydrogens is 275 g/mol. The Morgan fingerprint density at radius 1 is 0.611 bits per heavy atom. The highest BCUT2D eigenvalue weighted by Crippen LogP contribution is 2.04. The van der Waals surface area contributed by atoms with Gasteiger partial charge in [0.25, 0.3) is 0 Å². The van der Waals surface area contributed by atoms with Crippen molar-refractivity contribution in [3.05, 3.63) is 60.2 Å². The molecular formula is C12H16Cl2N2O2. The fourth-order valence-electron chi connectivity index (χ4n) is 1.21. The van der Waals surface area contributed by atoms with Crippen molar-refractivity contribution in [1.29, 1.82) is 0 Å². The molecule has 6 heteroatoms. The van der Waals surface area contributed by atoms with Crippen molar-refractivity contribution >= 4 is 12.2 Å². The number of rotatable bonds is 2. The molecule has 0 aliphatic carbocycles. The lowest BCUT2D eigenvalue weighted by molar-refractivity contribution is -0.378. The summed E-state index contributed by atoms with van der Waals surface area (Å²) in [6, 6.07) is 8.13. The molecule has 6 N–H and O–H groups in total. The van der Waals surface area contributed by atoms with Crippen LogP contribution < -0.4 is 34.8 Å². The summed E-state index contributed by atoms with van der Waals surface area (Å²) in [5.41, 5.74) is 2.38. The second-order valence-corrected chi connectivity index (χ2v) is 3.00. The first-order valence-corrected chi connectivity index (χ1v) is 4.55. The van der Waals surface area contributed by atoms with Gasteiger partial charge in [0, 0.05) is 24.3 Å². The van der Waals surface area contributed by atoms with Gasteiger partial charge in [-0.2, -0.15) is 0 Å². The molecule has 0 saturated carbocycles. The van der Waals surface area contributed by atoms with Crippen LogP contribution in [0.4, 0.5) is 0 Å². The summed E-state index contributed by atoms with van der Waals surface area (Å²) < 4.78 is 0. The van der Waals surface area contributed by atoms with Crippen LogP contribution in [-0.4, -0.2) is 11.0 Å². The summed E-state index contributed by atoms with van der Waals surface area (Å²) in [4.78, 5) is 5.98. The predicted octanol–water partition coefficient (Wildman–Crippen LogP) is -6.16. The molecule has 2 rings (SSSR count). The number of aromatic amines is 2. The molecule has 2 aromatic heterocycles. The Balaban J connectivity index is -0.000000562. The molecule has 0 spiro atoms. The van der Waals surface area contributed by atoms with Gasteiger partial charge in [0.2, 0.25) is 0 Å². The van der Waals surface area contributed by atoms with E-state index in [-0.39, 0.29) is 35.8 Å². The van der Waals surface area contributed by atoms with Crippen molar-refractivity contribution in [2.45, 2.75) is 0 Å². The third-order valence-corrected chi connectivity index (χ3v) is 1.96. The Morgan fingerprint density at radius 2 is 0.889 bits per heavy atom. The van der Waals surface area contributed by atoms with E-state index >= 15 is 0 Å². The normalized spacial score (nSPS) is 8.22. The van der Waals surface area contributed by atoms with Gasteiger partial charge < -0.3 is 35.8 Å². The maximum Gasteiger partial charge on any atom is 0.167 e. The first-order valence-electron chi connectivity index (χ1n) is 4.55. The van der Waals surface area contributed by atoms with E-state index in [0.29, 0.717) is 0 Å². The van der Waals surface area contributed by atoms with Crippen LogP contribution in [0.2, 0.25) is 0 Å². The Labute approximate surface area is 118 Å². The van der Waals surface area contributed by atoms with E-state index in [1.165, 1.54) is 11.1 Å². The van der Waals surface area contributed by atoms with Gasteiger partial charge in [0.05, 0.1) is 0 Å². The standard InChI is InChI=1S/C12H10N2.2ClH.2H2O/c1(11-3-7-13-8-4-11)2-12-5-9-14-10-6-12;;;;/h1-10H;2*1H;2*1H2/b2-1+;;;;. The van der Waals surface area contributed by atoms with Gasteiger partial charge in [-0.3, -0.25) is 0 Å². The van der Waals surface area contributed by atoms with E-state index in [9.17, 15) is 0 Å². The topological polar surface area (TPSA) is 91.3 Å². The fourth-order valence-corrected chi connectivity index (χ4v) is 1.21. The second kappa shape index (κ2) is 12.0. The van der Waals surface area contributed by atoms with Gasteiger partial charge in [-0.15, -0.1) is 0 Å². The molecule has 0 atom stereocenters. The van der Waals surface area contributed by atoms with Crippen molar-refractivity contribution in [3.63, 3.8) is 0 Å². The van der Waals surface area contributed by atoms with Gasteiger partial charge in [0.15, 0.2) is 24.8 Å². The highest BCUT2D eigenvalue weighted by molar-refractivity contribution is 5.68.